The molecule has 3 rings (SSSR count). The number of anilines is 1. The first-order valence-electron chi connectivity index (χ1n) is 8.34. The Balaban J connectivity index is 1.87. The second kappa shape index (κ2) is 6.57. The Morgan fingerprint density at radius 2 is 1.90 bits per heavy atom. The van der Waals surface area contributed by atoms with Crippen LogP contribution in [0.25, 0.3) is 0 Å². The summed E-state index contributed by atoms with van der Waals surface area (Å²) in [7, 11) is 0. The van der Waals surface area contributed by atoms with Crippen LogP contribution < -0.4 is 4.90 Å². The summed E-state index contributed by atoms with van der Waals surface area (Å²) >= 11 is 0. The zero-order valence-corrected chi connectivity index (χ0v) is 12.7. The molecule has 110 valence electrons. The summed E-state index contributed by atoms with van der Waals surface area (Å²) < 4.78 is 0. The van der Waals surface area contributed by atoms with Crippen molar-refractivity contribution in [3.63, 3.8) is 0 Å². The Labute approximate surface area is 123 Å². The molecule has 0 N–H and O–H groups in total. The van der Waals surface area contributed by atoms with Crippen molar-refractivity contribution in [2.75, 3.05) is 31.1 Å². The minimum absolute atomic E-state index is 0.590. The molecule has 3 heterocycles. The molecule has 1 aromatic rings. The third-order valence-electron chi connectivity index (χ3n) is 4.85. The van der Waals surface area contributed by atoms with E-state index in [1.807, 2.05) is 6.20 Å². The third kappa shape index (κ3) is 2.83. The van der Waals surface area contributed by atoms with Gasteiger partial charge in [-0.25, -0.2) is 4.98 Å². The van der Waals surface area contributed by atoms with Gasteiger partial charge < -0.3 is 4.90 Å². The van der Waals surface area contributed by atoms with Gasteiger partial charge in [-0.05, 0) is 44.8 Å². The molecule has 1 atom stereocenters. The van der Waals surface area contributed by atoms with Gasteiger partial charge in [-0.3, -0.25) is 4.90 Å². The van der Waals surface area contributed by atoms with Crippen molar-refractivity contribution in [3.8, 4) is 0 Å². The Kier molecular flexibility index (Phi) is 4.56. The van der Waals surface area contributed by atoms with Crippen LogP contribution in [0.15, 0.2) is 18.3 Å². The average Bonchev–Trinajstić information content (AvgIpc) is 2.81. The molecule has 1 aromatic heterocycles. The van der Waals surface area contributed by atoms with E-state index in [-0.39, 0.29) is 0 Å². The van der Waals surface area contributed by atoms with Gasteiger partial charge in [-0.1, -0.05) is 25.8 Å². The van der Waals surface area contributed by atoms with E-state index in [4.69, 9.17) is 4.98 Å². The van der Waals surface area contributed by atoms with Gasteiger partial charge in [0.05, 0.1) is 0 Å². The van der Waals surface area contributed by atoms with Crippen LogP contribution in [-0.4, -0.2) is 36.1 Å². The van der Waals surface area contributed by atoms with Crippen molar-refractivity contribution in [3.05, 3.63) is 23.9 Å². The number of hydrogen-bond donors (Lipinski definition) is 0. The summed E-state index contributed by atoms with van der Waals surface area (Å²) in [5.74, 6) is 1.26. The second-order valence-electron chi connectivity index (χ2n) is 6.10. The Morgan fingerprint density at radius 3 is 2.65 bits per heavy atom. The van der Waals surface area contributed by atoms with Gasteiger partial charge in [-0.2, -0.15) is 0 Å². The van der Waals surface area contributed by atoms with Gasteiger partial charge in [0, 0.05) is 30.9 Å². The Bertz CT molecular complexity index is 424. The van der Waals surface area contributed by atoms with Crippen molar-refractivity contribution in [2.24, 2.45) is 0 Å². The molecule has 0 radical (unpaired) electrons. The van der Waals surface area contributed by atoms with Crippen LogP contribution in [0.2, 0.25) is 0 Å². The number of likely N-dealkylation sites (tertiary alicyclic amines) is 1. The lowest BCUT2D eigenvalue weighted by Gasteiger charge is -2.29. The molecular weight excluding hydrogens is 246 g/mol. The van der Waals surface area contributed by atoms with Crippen molar-refractivity contribution in [2.45, 2.75) is 51.5 Å². The second-order valence-corrected chi connectivity index (χ2v) is 6.10. The summed E-state index contributed by atoms with van der Waals surface area (Å²) in [6.45, 7) is 7.04. The third-order valence-corrected chi connectivity index (χ3v) is 4.85. The first-order chi connectivity index (χ1) is 9.90. The molecule has 0 spiro atoms. The highest BCUT2D eigenvalue weighted by molar-refractivity contribution is 5.49. The van der Waals surface area contributed by atoms with Gasteiger partial charge in [0.15, 0.2) is 0 Å². The lowest BCUT2D eigenvalue weighted by Crippen LogP contribution is -2.29. The van der Waals surface area contributed by atoms with E-state index < -0.39 is 0 Å². The molecule has 3 heteroatoms. The summed E-state index contributed by atoms with van der Waals surface area (Å²) in [6, 6.07) is 5.02. The van der Waals surface area contributed by atoms with E-state index >= 15 is 0 Å². The van der Waals surface area contributed by atoms with Crippen molar-refractivity contribution < 1.29 is 0 Å². The first-order valence-corrected chi connectivity index (χ1v) is 8.34. The van der Waals surface area contributed by atoms with Crippen LogP contribution >= 0.6 is 0 Å². The van der Waals surface area contributed by atoms with E-state index in [2.05, 4.69) is 28.9 Å². The molecule has 0 unspecified atom stereocenters. The van der Waals surface area contributed by atoms with Crippen LogP contribution in [0.1, 0.15) is 57.1 Å². The lowest BCUT2D eigenvalue weighted by molar-refractivity contribution is 0.271. The lowest BCUT2D eigenvalue weighted by atomic mass is 10.0. The van der Waals surface area contributed by atoms with Crippen molar-refractivity contribution >= 4 is 5.82 Å². The number of rotatable bonds is 3. The number of aromatic nitrogens is 1. The highest BCUT2D eigenvalue weighted by Crippen LogP contribution is 2.36. The molecule has 0 aliphatic carbocycles. The predicted molar refractivity (Wildman–Crippen MR) is 84.1 cm³/mol. The molecule has 0 aromatic carbocycles. The normalized spacial score (nSPS) is 24.9. The maximum absolute atomic E-state index is 4.76. The molecule has 20 heavy (non-hydrogen) atoms. The minimum atomic E-state index is 0.590. The van der Waals surface area contributed by atoms with Crippen LogP contribution in [0.4, 0.5) is 5.82 Å². The van der Waals surface area contributed by atoms with E-state index in [1.165, 1.54) is 69.5 Å². The first kappa shape index (κ1) is 13.9. The molecule has 0 amide bonds. The molecular formula is C17H27N3. The minimum Gasteiger partial charge on any atom is -0.356 e. The van der Waals surface area contributed by atoms with Crippen molar-refractivity contribution in [1.29, 1.82) is 0 Å². The molecule has 0 bridgehead atoms. The van der Waals surface area contributed by atoms with E-state index in [0.717, 1.165) is 6.54 Å². The maximum Gasteiger partial charge on any atom is 0.133 e. The fourth-order valence-corrected chi connectivity index (χ4v) is 3.77. The average molecular weight is 273 g/mol. The van der Waals surface area contributed by atoms with Crippen molar-refractivity contribution in [1.82, 2.24) is 9.88 Å². The number of pyridine rings is 1. The Morgan fingerprint density at radius 1 is 1.10 bits per heavy atom. The van der Waals surface area contributed by atoms with Gasteiger partial charge in [-0.15, -0.1) is 0 Å². The molecule has 2 aliphatic heterocycles. The molecule has 2 saturated heterocycles. The molecule has 2 fully saturated rings. The fraction of sp³-hybridized carbons (Fsp3) is 0.706. The largest absolute Gasteiger partial charge is 0.356 e. The van der Waals surface area contributed by atoms with E-state index in [0.29, 0.717) is 6.04 Å². The van der Waals surface area contributed by atoms with Gasteiger partial charge >= 0.3 is 0 Å². The highest BCUT2D eigenvalue weighted by atomic mass is 15.2. The van der Waals surface area contributed by atoms with Gasteiger partial charge in [0.25, 0.3) is 0 Å². The zero-order chi connectivity index (χ0) is 13.8. The topological polar surface area (TPSA) is 19.4 Å². The van der Waals surface area contributed by atoms with E-state index in [1.54, 1.807) is 0 Å². The standard InChI is InChI=1S/C17H27N3/c1-2-19-14-8-10-16(19)15-9-7-11-18-17(15)20-12-5-3-4-6-13-20/h7,9,11,16H,2-6,8,10,12-14H2,1H3/t16-/m1/s1. The monoisotopic (exact) mass is 273 g/mol. The van der Waals surface area contributed by atoms with E-state index in [9.17, 15) is 0 Å². The van der Waals surface area contributed by atoms with Gasteiger partial charge in [0.1, 0.15) is 5.82 Å². The van der Waals surface area contributed by atoms with Gasteiger partial charge in [0.2, 0.25) is 0 Å². The summed E-state index contributed by atoms with van der Waals surface area (Å²) in [6.07, 6.45) is 9.98. The Hall–Kier alpha value is -1.09. The summed E-state index contributed by atoms with van der Waals surface area (Å²) in [5.41, 5.74) is 1.47. The summed E-state index contributed by atoms with van der Waals surface area (Å²) in [5, 5.41) is 0. The van der Waals surface area contributed by atoms with Crippen LogP contribution in [0, 0.1) is 0 Å². The molecule has 3 nitrogen and oxygen atoms in total. The number of nitrogens with zero attached hydrogens (tertiary/aromatic N) is 3. The quantitative estimate of drug-likeness (QED) is 0.838. The maximum atomic E-state index is 4.76. The SMILES string of the molecule is CCN1CCC[C@@H]1c1cccnc1N1CCCCCC1. The fourth-order valence-electron chi connectivity index (χ4n) is 3.77. The van der Waals surface area contributed by atoms with Crippen LogP contribution in [-0.2, 0) is 0 Å². The smallest absolute Gasteiger partial charge is 0.133 e. The van der Waals surface area contributed by atoms with Crippen LogP contribution in [0.3, 0.4) is 0 Å². The highest BCUT2D eigenvalue weighted by Gasteiger charge is 2.28. The molecule has 0 saturated carbocycles. The summed E-state index contributed by atoms with van der Waals surface area (Å²) in [4.78, 5) is 9.90. The van der Waals surface area contributed by atoms with Crippen LogP contribution in [0.5, 0.6) is 0 Å². The molecule has 2 aliphatic rings. The zero-order valence-electron chi connectivity index (χ0n) is 12.7. The predicted octanol–water partition coefficient (Wildman–Crippen LogP) is 3.62. The number of hydrogen-bond acceptors (Lipinski definition) is 3.